The predicted molar refractivity (Wildman–Crippen MR) is 160 cm³/mol. The van der Waals surface area contributed by atoms with Gasteiger partial charge >= 0.3 is 18.0 Å². The van der Waals surface area contributed by atoms with Gasteiger partial charge in [-0.25, -0.2) is 4.79 Å². The van der Waals surface area contributed by atoms with Crippen molar-refractivity contribution in [3.63, 3.8) is 0 Å². The van der Waals surface area contributed by atoms with Crippen molar-refractivity contribution < 1.29 is 34.1 Å². The second-order valence-corrected chi connectivity index (χ2v) is 16.8. The lowest BCUT2D eigenvalue weighted by Gasteiger charge is -2.70. The van der Waals surface area contributed by atoms with Gasteiger partial charge in [0.1, 0.15) is 11.5 Å². The number of fused-ring (bicyclic) bond motifs is 7. The quantitative estimate of drug-likeness (QED) is 0.371. The van der Waals surface area contributed by atoms with Crippen LogP contribution in [0.3, 0.4) is 0 Å². The summed E-state index contributed by atoms with van der Waals surface area (Å²) in [7, 11) is 0. The molecule has 43 heavy (non-hydrogen) atoms. The second-order valence-electron chi connectivity index (χ2n) is 16.8. The number of carbonyl (C=O) groups excluding carboxylic acids is 2. The molecular weight excluding hydrogens is 546 g/mol. The first kappa shape index (κ1) is 30.6. The molecule has 1 amide bonds. The molecule has 0 unspecified atom stereocenters. The van der Waals surface area contributed by atoms with Crippen LogP contribution in [0.4, 0.5) is 4.79 Å². The van der Waals surface area contributed by atoms with Crippen LogP contribution in [0.25, 0.3) is 0 Å². The highest BCUT2D eigenvalue weighted by Crippen LogP contribution is 2.75. The number of rotatable bonds is 3. The van der Waals surface area contributed by atoms with Crippen LogP contribution in [0.5, 0.6) is 0 Å². The maximum absolute atomic E-state index is 14.5. The molecule has 4 saturated carbocycles. The molecule has 0 aromatic carbocycles. The molecular formula is C35H51NO7. The monoisotopic (exact) mass is 597 g/mol. The van der Waals surface area contributed by atoms with Gasteiger partial charge in [0.2, 0.25) is 0 Å². The Morgan fingerprint density at radius 3 is 2.14 bits per heavy atom. The van der Waals surface area contributed by atoms with Crippen molar-refractivity contribution in [2.45, 2.75) is 118 Å². The van der Waals surface area contributed by atoms with E-state index in [9.17, 15) is 29.4 Å². The lowest BCUT2D eigenvalue weighted by molar-refractivity contribution is -0.215. The normalized spacial score (nSPS) is 49.1. The molecule has 1 heterocycles. The highest BCUT2D eigenvalue weighted by atomic mass is 16.6. The average Bonchev–Trinajstić information content (AvgIpc) is 3.48. The Balaban J connectivity index is 1.38. The van der Waals surface area contributed by atoms with Gasteiger partial charge in [-0.3, -0.25) is 14.4 Å². The summed E-state index contributed by atoms with van der Waals surface area (Å²) in [6, 6.07) is 0. The van der Waals surface area contributed by atoms with Gasteiger partial charge in [-0.2, -0.15) is 0 Å². The summed E-state index contributed by atoms with van der Waals surface area (Å²) in [5.74, 6) is -2.26. The predicted octanol–water partition coefficient (Wildman–Crippen LogP) is 6.72. The lowest BCUT2D eigenvalue weighted by atomic mass is 9.33. The van der Waals surface area contributed by atoms with Crippen molar-refractivity contribution in [1.82, 2.24) is 4.90 Å². The highest BCUT2D eigenvalue weighted by molar-refractivity contribution is 5.96. The Morgan fingerprint density at radius 2 is 1.51 bits per heavy atom. The van der Waals surface area contributed by atoms with Gasteiger partial charge in [0.15, 0.2) is 5.78 Å². The zero-order valence-electron chi connectivity index (χ0n) is 27.0. The zero-order valence-corrected chi connectivity index (χ0v) is 27.0. The Bertz CT molecular complexity index is 1290. The summed E-state index contributed by atoms with van der Waals surface area (Å²) in [4.78, 5) is 54.8. The fourth-order valence-corrected chi connectivity index (χ4v) is 11.6. The maximum Gasteiger partial charge on any atom is 0.410 e. The summed E-state index contributed by atoms with van der Waals surface area (Å²) < 4.78 is 6.01. The first-order chi connectivity index (χ1) is 20.0. The molecule has 5 aliphatic carbocycles. The van der Waals surface area contributed by atoms with Crippen molar-refractivity contribution in [3.8, 4) is 0 Å². The molecule has 0 bridgehead atoms. The number of likely N-dealkylation sites (tertiary alicyclic amines) is 1. The minimum atomic E-state index is -1.30. The van der Waals surface area contributed by atoms with E-state index in [0.717, 1.165) is 37.7 Å². The Kier molecular flexibility index (Phi) is 6.81. The van der Waals surface area contributed by atoms with Crippen molar-refractivity contribution in [2.24, 2.45) is 50.2 Å². The third-order valence-electron chi connectivity index (χ3n) is 14.8. The maximum atomic E-state index is 14.5. The van der Waals surface area contributed by atoms with Crippen molar-refractivity contribution in [3.05, 3.63) is 11.6 Å². The van der Waals surface area contributed by atoms with Crippen molar-refractivity contribution in [2.75, 3.05) is 13.1 Å². The van der Waals surface area contributed by atoms with Gasteiger partial charge in [-0.05, 0) is 124 Å². The molecule has 2 N–H and O–H groups in total. The first-order valence-electron chi connectivity index (χ1n) is 16.6. The number of carboxylic acids is 2. The Hall–Kier alpha value is -2.38. The fourth-order valence-electron chi connectivity index (χ4n) is 11.6. The first-order valence-corrected chi connectivity index (χ1v) is 16.6. The van der Waals surface area contributed by atoms with Crippen LogP contribution in [-0.4, -0.2) is 58.1 Å². The topological polar surface area (TPSA) is 121 Å². The molecule has 0 aromatic heterocycles. The molecule has 8 nitrogen and oxygen atoms in total. The molecule has 1 aliphatic heterocycles. The number of carbonyl (C=O) groups is 4. The van der Waals surface area contributed by atoms with E-state index in [-0.39, 0.29) is 39.8 Å². The van der Waals surface area contributed by atoms with Crippen LogP contribution < -0.4 is 0 Å². The molecule has 238 valence electrons. The average molecular weight is 598 g/mol. The molecule has 10 atom stereocenters. The molecule has 6 aliphatic rings. The minimum absolute atomic E-state index is 0.0238. The molecule has 6 rings (SSSR count). The van der Waals surface area contributed by atoms with Gasteiger partial charge in [0.25, 0.3) is 0 Å². The summed E-state index contributed by atoms with van der Waals surface area (Å²) >= 11 is 0. The molecule has 0 aromatic rings. The number of ether oxygens (including phenoxy) is 1. The number of aliphatic carboxylic acids is 2. The van der Waals surface area contributed by atoms with E-state index in [0.29, 0.717) is 51.6 Å². The molecule has 0 radical (unpaired) electrons. The molecule has 5 fully saturated rings. The summed E-state index contributed by atoms with van der Waals surface area (Å²) in [5, 5.41) is 20.9. The van der Waals surface area contributed by atoms with Gasteiger partial charge in [-0.1, -0.05) is 33.3 Å². The number of carboxylic acid groups (broad SMARTS) is 2. The largest absolute Gasteiger partial charge is 0.481 e. The van der Waals surface area contributed by atoms with Crippen molar-refractivity contribution in [1.29, 1.82) is 0 Å². The van der Waals surface area contributed by atoms with Crippen LogP contribution in [0.15, 0.2) is 11.6 Å². The molecule has 0 spiro atoms. The third kappa shape index (κ3) is 3.99. The second kappa shape index (κ2) is 9.56. The van der Waals surface area contributed by atoms with E-state index in [2.05, 4.69) is 27.7 Å². The number of ketones is 1. The van der Waals surface area contributed by atoms with E-state index >= 15 is 0 Å². The summed E-state index contributed by atoms with van der Waals surface area (Å²) in [5.41, 5.74) is -2.20. The summed E-state index contributed by atoms with van der Waals surface area (Å²) in [6.07, 6.45) is 9.01. The van der Waals surface area contributed by atoms with E-state index in [4.69, 9.17) is 4.74 Å². The van der Waals surface area contributed by atoms with Gasteiger partial charge < -0.3 is 19.8 Å². The number of hydrogen-bond acceptors (Lipinski definition) is 5. The van der Waals surface area contributed by atoms with Crippen LogP contribution in [0.2, 0.25) is 0 Å². The molecule has 8 heteroatoms. The SMILES string of the molecule is C[C@]1(C(=O)O)CC[C@]2(C)CC[C@]3(C)C(=CC(=O)[C@@H]4[C@@]5(C)CC[C@H](OC(=O)N6CCCC6)[C@@](C)(C(=O)O)[C@@H]5CC[C@]43C)[C@@H]2C1. The molecule has 1 saturated heterocycles. The van der Waals surface area contributed by atoms with E-state index in [1.165, 1.54) is 0 Å². The zero-order chi connectivity index (χ0) is 31.4. The van der Waals surface area contributed by atoms with E-state index < -0.39 is 40.4 Å². The van der Waals surface area contributed by atoms with Gasteiger partial charge in [-0.15, -0.1) is 0 Å². The standard InChI is InChI=1S/C35H51NO7/c1-30-13-14-31(2,27(38)39)20-22(30)21-19-23(37)26-32(3)11-10-25(43-29(42)36-17-7-8-18-36)35(6,28(40)41)24(32)9-12-34(26,5)33(21,4)16-15-30/h19,22,24-26H,7-18,20H2,1-6H3,(H,38,39)(H,40,41)/t22-,24+,25-,26+,30+,31-,32-,33+,34+,35-/m0/s1. The van der Waals surface area contributed by atoms with Crippen LogP contribution in [0, 0.1) is 50.2 Å². The van der Waals surface area contributed by atoms with Crippen LogP contribution >= 0.6 is 0 Å². The van der Waals surface area contributed by atoms with Gasteiger partial charge in [0.05, 0.1) is 5.41 Å². The van der Waals surface area contributed by atoms with Crippen LogP contribution in [-0.2, 0) is 19.1 Å². The Labute approximate surface area is 256 Å². The smallest absolute Gasteiger partial charge is 0.410 e. The van der Waals surface area contributed by atoms with E-state index in [1.807, 2.05) is 13.0 Å². The summed E-state index contributed by atoms with van der Waals surface area (Å²) in [6.45, 7) is 13.9. The number of amides is 1. The van der Waals surface area contributed by atoms with Crippen molar-refractivity contribution >= 4 is 23.8 Å². The van der Waals surface area contributed by atoms with Gasteiger partial charge in [0, 0.05) is 19.0 Å². The Morgan fingerprint density at radius 1 is 0.860 bits per heavy atom. The fraction of sp³-hybridized carbons (Fsp3) is 0.829. The number of hydrogen-bond donors (Lipinski definition) is 2. The minimum Gasteiger partial charge on any atom is -0.481 e. The number of nitrogens with zero attached hydrogens (tertiary/aromatic N) is 1. The lowest BCUT2D eigenvalue weighted by Crippen LogP contribution is -2.68. The van der Waals surface area contributed by atoms with Crippen LogP contribution in [0.1, 0.15) is 112 Å². The number of allylic oxidation sites excluding steroid dienone is 2. The third-order valence-corrected chi connectivity index (χ3v) is 14.8. The highest BCUT2D eigenvalue weighted by Gasteiger charge is 2.72. The van der Waals surface area contributed by atoms with E-state index in [1.54, 1.807) is 11.8 Å².